The van der Waals surface area contributed by atoms with Crippen LogP contribution in [0.25, 0.3) is 0 Å². The lowest BCUT2D eigenvalue weighted by molar-refractivity contribution is 0.326. The van der Waals surface area contributed by atoms with Gasteiger partial charge in [0.05, 0.1) is 17.9 Å². The Morgan fingerprint density at radius 3 is 2.85 bits per heavy atom. The SMILES string of the molecule is Clc1cccc(OCCN=NC2=Nc3ccccc3NC23CCSCC3)c1. The fourth-order valence-corrected chi connectivity index (χ4v) is 4.65. The number of amidine groups is 1. The van der Waals surface area contributed by atoms with Gasteiger partial charge in [0, 0.05) is 5.02 Å². The molecule has 7 heteroatoms. The van der Waals surface area contributed by atoms with Crippen LogP contribution in [-0.4, -0.2) is 36.0 Å². The summed E-state index contributed by atoms with van der Waals surface area (Å²) in [6, 6.07) is 15.5. The molecule has 2 aromatic carbocycles. The maximum absolute atomic E-state index is 5.96. The number of hydrogen-bond donors (Lipinski definition) is 1. The molecule has 0 aromatic heterocycles. The number of rotatable bonds is 4. The van der Waals surface area contributed by atoms with Crippen molar-refractivity contribution in [3.8, 4) is 5.75 Å². The van der Waals surface area contributed by atoms with Crippen LogP contribution < -0.4 is 10.1 Å². The van der Waals surface area contributed by atoms with Crippen molar-refractivity contribution in [2.75, 3.05) is 30.0 Å². The lowest BCUT2D eigenvalue weighted by Gasteiger charge is -2.40. The van der Waals surface area contributed by atoms with E-state index in [4.69, 9.17) is 21.3 Å². The third-order valence-corrected chi connectivity index (χ3v) is 5.92. The summed E-state index contributed by atoms with van der Waals surface area (Å²) >= 11 is 7.94. The summed E-state index contributed by atoms with van der Waals surface area (Å²) in [6.45, 7) is 0.919. The van der Waals surface area contributed by atoms with Crippen molar-refractivity contribution in [2.45, 2.75) is 18.4 Å². The third kappa shape index (κ3) is 4.28. The van der Waals surface area contributed by atoms with E-state index in [9.17, 15) is 0 Å². The number of azo groups is 1. The van der Waals surface area contributed by atoms with Gasteiger partial charge in [-0.2, -0.15) is 16.9 Å². The Kier molecular flexibility index (Phi) is 5.64. The van der Waals surface area contributed by atoms with Gasteiger partial charge in [-0.25, -0.2) is 4.99 Å². The average Bonchev–Trinajstić information content (AvgIpc) is 2.69. The molecule has 140 valence electrons. The quantitative estimate of drug-likeness (QED) is 0.537. The predicted octanol–water partition coefficient (Wildman–Crippen LogP) is 5.59. The normalized spacial score (nSPS) is 18.0. The molecule has 0 aliphatic carbocycles. The van der Waals surface area contributed by atoms with Gasteiger partial charge in [0.25, 0.3) is 0 Å². The van der Waals surface area contributed by atoms with Crippen molar-refractivity contribution in [3.05, 3.63) is 53.6 Å². The van der Waals surface area contributed by atoms with Crippen molar-refractivity contribution in [3.63, 3.8) is 0 Å². The highest BCUT2D eigenvalue weighted by atomic mass is 35.5. The van der Waals surface area contributed by atoms with Crippen LogP contribution in [0.2, 0.25) is 5.02 Å². The van der Waals surface area contributed by atoms with Crippen LogP contribution in [0.1, 0.15) is 12.8 Å². The van der Waals surface area contributed by atoms with Crippen molar-refractivity contribution in [1.29, 1.82) is 0 Å². The summed E-state index contributed by atoms with van der Waals surface area (Å²) in [4.78, 5) is 4.82. The minimum absolute atomic E-state index is 0.211. The van der Waals surface area contributed by atoms with E-state index in [0.717, 1.165) is 47.3 Å². The molecule has 0 unspecified atom stereocenters. The zero-order valence-corrected chi connectivity index (χ0v) is 16.5. The number of ether oxygens (including phenoxy) is 1. The molecule has 2 aliphatic heterocycles. The number of nitrogens with zero attached hydrogens (tertiary/aromatic N) is 3. The van der Waals surface area contributed by atoms with Crippen LogP contribution in [0.4, 0.5) is 11.4 Å². The molecule has 0 saturated carbocycles. The van der Waals surface area contributed by atoms with E-state index in [1.807, 2.05) is 48.2 Å². The summed E-state index contributed by atoms with van der Waals surface area (Å²) in [5.41, 5.74) is 1.79. The Labute approximate surface area is 168 Å². The Balaban J connectivity index is 1.45. The molecule has 27 heavy (non-hydrogen) atoms. The number of hydrogen-bond acceptors (Lipinski definition) is 6. The smallest absolute Gasteiger partial charge is 0.176 e. The van der Waals surface area contributed by atoms with Gasteiger partial charge in [0.1, 0.15) is 17.9 Å². The molecule has 5 nitrogen and oxygen atoms in total. The molecule has 1 saturated heterocycles. The van der Waals surface area contributed by atoms with Crippen LogP contribution in [0, 0.1) is 0 Å². The van der Waals surface area contributed by atoms with E-state index in [1.165, 1.54) is 0 Å². The van der Waals surface area contributed by atoms with Gasteiger partial charge in [-0.1, -0.05) is 29.8 Å². The van der Waals surface area contributed by atoms with Gasteiger partial charge in [-0.05, 0) is 54.7 Å². The lowest BCUT2D eigenvalue weighted by atomic mass is 9.88. The Morgan fingerprint density at radius 1 is 1.15 bits per heavy atom. The molecular weight excluding hydrogens is 380 g/mol. The minimum Gasteiger partial charge on any atom is -0.492 e. The van der Waals surface area contributed by atoms with Gasteiger partial charge in [-0.3, -0.25) is 0 Å². The van der Waals surface area contributed by atoms with Crippen LogP contribution in [0.15, 0.2) is 63.8 Å². The summed E-state index contributed by atoms with van der Waals surface area (Å²) < 4.78 is 5.67. The largest absolute Gasteiger partial charge is 0.492 e. The predicted molar refractivity (Wildman–Crippen MR) is 113 cm³/mol. The Hall–Kier alpha value is -2.05. The van der Waals surface area contributed by atoms with Gasteiger partial charge >= 0.3 is 0 Å². The number of thioether (sulfide) groups is 1. The molecule has 1 fully saturated rings. The monoisotopic (exact) mass is 400 g/mol. The highest BCUT2D eigenvalue weighted by molar-refractivity contribution is 7.99. The van der Waals surface area contributed by atoms with E-state index < -0.39 is 0 Å². The second-order valence-corrected chi connectivity index (χ2v) is 8.20. The standard InChI is InChI=1S/C20H21ClN4OS/c21-15-4-3-5-16(14-15)26-11-10-22-25-19-20(8-12-27-13-9-20)24-18-7-2-1-6-17(18)23-19/h1-7,14,24H,8-13H2. The van der Waals surface area contributed by atoms with Crippen LogP contribution >= 0.6 is 23.4 Å². The highest BCUT2D eigenvalue weighted by Gasteiger charge is 2.40. The number of halogens is 1. The topological polar surface area (TPSA) is 58.3 Å². The summed E-state index contributed by atoms with van der Waals surface area (Å²) in [5, 5.41) is 13.2. The fraction of sp³-hybridized carbons (Fsp3) is 0.350. The molecule has 1 spiro atoms. The molecule has 0 bridgehead atoms. The summed E-state index contributed by atoms with van der Waals surface area (Å²) in [6.07, 6.45) is 2.01. The fourth-order valence-electron chi connectivity index (χ4n) is 3.28. The molecule has 2 aliphatic rings. The maximum atomic E-state index is 5.96. The van der Waals surface area contributed by atoms with Crippen molar-refractivity contribution < 1.29 is 4.74 Å². The Bertz CT molecular complexity index is 865. The van der Waals surface area contributed by atoms with Gasteiger partial charge in [-0.15, -0.1) is 5.11 Å². The molecule has 0 amide bonds. The van der Waals surface area contributed by atoms with Crippen LogP contribution in [0.5, 0.6) is 5.75 Å². The van der Waals surface area contributed by atoms with Gasteiger partial charge < -0.3 is 10.1 Å². The number of para-hydroxylation sites is 2. The van der Waals surface area contributed by atoms with E-state index in [1.54, 1.807) is 6.07 Å². The number of nitrogens with one attached hydrogen (secondary N) is 1. The summed E-state index contributed by atoms with van der Waals surface area (Å²) in [5.74, 6) is 3.72. The molecule has 4 rings (SSSR count). The zero-order valence-electron chi connectivity index (χ0n) is 14.9. The van der Waals surface area contributed by atoms with Crippen molar-refractivity contribution in [1.82, 2.24) is 0 Å². The molecular formula is C20H21ClN4OS. The first-order valence-corrected chi connectivity index (χ1v) is 10.6. The molecule has 2 heterocycles. The van der Waals surface area contributed by atoms with E-state index >= 15 is 0 Å². The van der Waals surface area contributed by atoms with E-state index in [2.05, 4.69) is 21.6 Å². The van der Waals surface area contributed by atoms with Crippen molar-refractivity contribution in [2.24, 2.45) is 15.2 Å². The number of benzene rings is 2. The lowest BCUT2D eigenvalue weighted by Crippen LogP contribution is -2.49. The minimum atomic E-state index is -0.211. The molecule has 1 N–H and O–H groups in total. The average molecular weight is 401 g/mol. The molecule has 2 aromatic rings. The van der Waals surface area contributed by atoms with E-state index in [-0.39, 0.29) is 5.54 Å². The first-order valence-electron chi connectivity index (χ1n) is 9.05. The van der Waals surface area contributed by atoms with Crippen LogP contribution in [0.3, 0.4) is 0 Å². The zero-order chi connectivity index (χ0) is 18.5. The number of aliphatic imine (C=N–C) groups is 1. The van der Waals surface area contributed by atoms with E-state index in [0.29, 0.717) is 18.2 Å². The number of anilines is 1. The highest BCUT2D eigenvalue weighted by Crippen LogP contribution is 2.40. The maximum Gasteiger partial charge on any atom is 0.176 e. The molecule has 0 radical (unpaired) electrons. The first kappa shape index (κ1) is 18.3. The van der Waals surface area contributed by atoms with Gasteiger partial charge in [0.15, 0.2) is 5.84 Å². The Morgan fingerprint density at radius 2 is 2.00 bits per heavy atom. The number of fused-ring (bicyclic) bond motifs is 1. The van der Waals surface area contributed by atoms with Crippen molar-refractivity contribution >= 4 is 40.6 Å². The molecule has 0 atom stereocenters. The second kappa shape index (κ2) is 8.31. The van der Waals surface area contributed by atoms with Gasteiger partial charge in [0.2, 0.25) is 0 Å². The summed E-state index contributed by atoms with van der Waals surface area (Å²) in [7, 11) is 0. The first-order chi connectivity index (χ1) is 13.3. The second-order valence-electron chi connectivity index (χ2n) is 6.54. The van der Waals surface area contributed by atoms with Crippen LogP contribution in [-0.2, 0) is 0 Å². The third-order valence-electron chi connectivity index (χ3n) is 4.70.